The Morgan fingerprint density at radius 1 is 1.03 bits per heavy atom. The van der Waals surface area contributed by atoms with Gasteiger partial charge in [0.25, 0.3) is 5.91 Å². The maximum Gasteiger partial charge on any atom is 0.251 e. The van der Waals surface area contributed by atoms with Gasteiger partial charge < -0.3 is 15.0 Å². The third kappa shape index (κ3) is 6.01. The molecule has 7 nitrogen and oxygen atoms in total. The molecule has 0 radical (unpaired) electrons. The lowest BCUT2D eigenvalue weighted by Gasteiger charge is -2.34. The summed E-state index contributed by atoms with van der Waals surface area (Å²) in [5, 5.41) is 5.86. The van der Waals surface area contributed by atoms with Gasteiger partial charge in [-0.05, 0) is 50.2 Å². The average molecular weight is 479 g/mol. The highest BCUT2D eigenvalue weighted by Crippen LogP contribution is 2.26. The number of piperazine rings is 1. The van der Waals surface area contributed by atoms with E-state index in [1.807, 2.05) is 61.2 Å². The largest absolute Gasteiger partial charge is 0.497 e. The van der Waals surface area contributed by atoms with Crippen molar-refractivity contribution in [1.29, 1.82) is 0 Å². The lowest BCUT2D eigenvalue weighted by molar-refractivity contribution is -0.131. The Kier molecular flexibility index (Phi) is 7.59. The van der Waals surface area contributed by atoms with E-state index in [0.717, 1.165) is 52.8 Å². The molecule has 8 heteroatoms. The second-order valence-corrected chi connectivity index (χ2v) is 9.45. The summed E-state index contributed by atoms with van der Waals surface area (Å²) in [6.07, 6.45) is 0. The maximum atomic E-state index is 12.6. The number of hydrogen-bond donors (Lipinski definition) is 1. The molecule has 0 aliphatic carbocycles. The smallest absolute Gasteiger partial charge is 0.251 e. The van der Waals surface area contributed by atoms with E-state index >= 15 is 0 Å². The Hall–Kier alpha value is -3.23. The topological polar surface area (TPSA) is 74.8 Å². The first kappa shape index (κ1) is 23.9. The van der Waals surface area contributed by atoms with Crippen molar-refractivity contribution in [1.82, 2.24) is 20.1 Å². The monoisotopic (exact) mass is 478 g/mol. The lowest BCUT2D eigenvalue weighted by atomic mass is 10.1. The van der Waals surface area contributed by atoms with Gasteiger partial charge >= 0.3 is 0 Å². The van der Waals surface area contributed by atoms with Crippen LogP contribution in [0, 0.1) is 13.8 Å². The summed E-state index contributed by atoms with van der Waals surface area (Å²) in [7, 11) is 1.66. The van der Waals surface area contributed by atoms with Crippen LogP contribution in [-0.4, -0.2) is 66.4 Å². The minimum atomic E-state index is -0.213. The Bertz CT molecular complexity index is 1130. The zero-order chi connectivity index (χ0) is 24.1. The van der Waals surface area contributed by atoms with Gasteiger partial charge in [0, 0.05) is 49.2 Å². The molecule has 178 valence electrons. The van der Waals surface area contributed by atoms with Crippen molar-refractivity contribution in [3.63, 3.8) is 0 Å². The summed E-state index contributed by atoms with van der Waals surface area (Å²) >= 11 is 1.64. The van der Waals surface area contributed by atoms with Crippen LogP contribution in [-0.2, 0) is 11.3 Å². The molecule has 2 aromatic carbocycles. The first-order chi connectivity index (χ1) is 16.4. The third-order valence-electron chi connectivity index (χ3n) is 5.88. The second-order valence-electron chi connectivity index (χ2n) is 8.59. The number of nitrogens with zero attached hydrogens (tertiary/aromatic N) is 3. The molecule has 1 saturated heterocycles. The number of hydrogen-bond acceptors (Lipinski definition) is 6. The number of carbonyl (C=O) groups excluding carboxylic acids is 2. The predicted octanol–water partition coefficient (Wildman–Crippen LogP) is 3.51. The standard InChI is InChI=1S/C26H30N4O3S/c1-18-12-19(2)14-21(13-18)25(32)27-15-24(31)30-10-8-29(9-11-30)16-22-17-34-26(28-22)20-4-6-23(33-3)7-5-20/h4-7,12-14,17H,8-11,15-16H2,1-3H3,(H,27,32). The van der Waals surface area contributed by atoms with Crippen molar-refractivity contribution in [2.24, 2.45) is 0 Å². The molecule has 34 heavy (non-hydrogen) atoms. The quantitative estimate of drug-likeness (QED) is 0.563. The summed E-state index contributed by atoms with van der Waals surface area (Å²) in [4.78, 5) is 34.0. The van der Waals surface area contributed by atoms with E-state index in [4.69, 9.17) is 9.72 Å². The van der Waals surface area contributed by atoms with Crippen LogP contribution in [0.4, 0.5) is 0 Å². The fraction of sp³-hybridized carbons (Fsp3) is 0.346. The van der Waals surface area contributed by atoms with Gasteiger partial charge in [-0.3, -0.25) is 14.5 Å². The fourth-order valence-electron chi connectivity index (χ4n) is 4.11. The average Bonchev–Trinajstić information content (AvgIpc) is 3.30. The van der Waals surface area contributed by atoms with Crippen LogP contribution < -0.4 is 10.1 Å². The Morgan fingerprint density at radius 2 is 1.71 bits per heavy atom. The van der Waals surface area contributed by atoms with Gasteiger partial charge in [0.1, 0.15) is 10.8 Å². The molecule has 4 rings (SSSR count). The highest BCUT2D eigenvalue weighted by Gasteiger charge is 2.22. The molecule has 1 aromatic heterocycles. The number of carbonyl (C=O) groups is 2. The molecule has 0 spiro atoms. The second kappa shape index (κ2) is 10.8. The minimum absolute atomic E-state index is 0.0170. The molecular formula is C26H30N4O3S. The SMILES string of the molecule is COc1ccc(-c2nc(CN3CCN(C(=O)CNC(=O)c4cc(C)cc(C)c4)CC3)cs2)cc1. The molecule has 1 aliphatic rings. The number of amides is 2. The van der Waals surface area contributed by atoms with Crippen molar-refractivity contribution >= 4 is 23.2 Å². The van der Waals surface area contributed by atoms with Gasteiger partial charge in [-0.2, -0.15) is 0 Å². The van der Waals surface area contributed by atoms with Crippen molar-refractivity contribution < 1.29 is 14.3 Å². The van der Waals surface area contributed by atoms with Gasteiger partial charge in [-0.25, -0.2) is 4.98 Å². The van der Waals surface area contributed by atoms with Crippen LogP contribution in [0.25, 0.3) is 10.6 Å². The van der Waals surface area contributed by atoms with E-state index in [2.05, 4.69) is 15.6 Å². The van der Waals surface area contributed by atoms with Crippen LogP contribution in [0.2, 0.25) is 0 Å². The number of aryl methyl sites for hydroxylation is 2. The van der Waals surface area contributed by atoms with Gasteiger partial charge in [-0.15, -0.1) is 11.3 Å². The van der Waals surface area contributed by atoms with E-state index in [9.17, 15) is 9.59 Å². The van der Waals surface area contributed by atoms with E-state index < -0.39 is 0 Å². The van der Waals surface area contributed by atoms with Gasteiger partial charge in [0.2, 0.25) is 5.91 Å². The minimum Gasteiger partial charge on any atom is -0.497 e. The zero-order valence-corrected chi connectivity index (χ0v) is 20.7. The first-order valence-electron chi connectivity index (χ1n) is 11.4. The predicted molar refractivity (Wildman–Crippen MR) is 134 cm³/mol. The number of thiazole rings is 1. The van der Waals surface area contributed by atoms with Crippen LogP contribution in [0.5, 0.6) is 5.75 Å². The van der Waals surface area contributed by atoms with Gasteiger partial charge in [-0.1, -0.05) is 17.2 Å². The molecule has 1 aliphatic heterocycles. The van der Waals surface area contributed by atoms with Crippen LogP contribution in [0.1, 0.15) is 27.2 Å². The zero-order valence-electron chi connectivity index (χ0n) is 19.8. The molecule has 0 saturated carbocycles. The van der Waals surface area contributed by atoms with Gasteiger partial charge in [0.15, 0.2) is 0 Å². The van der Waals surface area contributed by atoms with E-state index in [1.165, 1.54) is 0 Å². The summed E-state index contributed by atoms with van der Waals surface area (Å²) < 4.78 is 5.22. The first-order valence-corrected chi connectivity index (χ1v) is 12.2. The summed E-state index contributed by atoms with van der Waals surface area (Å²) in [5.41, 5.74) is 4.77. The Balaban J connectivity index is 1.23. The Labute approximate surface area is 204 Å². The van der Waals surface area contributed by atoms with Crippen molar-refractivity contribution in [3.8, 4) is 16.3 Å². The van der Waals surface area contributed by atoms with Crippen LogP contribution in [0.3, 0.4) is 0 Å². The van der Waals surface area contributed by atoms with E-state index in [-0.39, 0.29) is 18.4 Å². The van der Waals surface area contributed by atoms with Gasteiger partial charge in [0.05, 0.1) is 19.3 Å². The molecule has 0 unspecified atom stereocenters. The molecule has 1 fully saturated rings. The molecular weight excluding hydrogens is 448 g/mol. The third-order valence-corrected chi connectivity index (χ3v) is 6.82. The van der Waals surface area contributed by atoms with E-state index in [1.54, 1.807) is 18.4 Å². The summed E-state index contributed by atoms with van der Waals surface area (Å²) in [6, 6.07) is 13.6. The maximum absolute atomic E-state index is 12.6. The summed E-state index contributed by atoms with van der Waals surface area (Å²) in [5.74, 6) is 0.570. The fourth-order valence-corrected chi connectivity index (χ4v) is 4.92. The number of methoxy groups -OCH3 is 1. The highest BCUT2D eigenvalue weighted by molar-refractivity contribution is 7.13. The van der Waals surface area contributed by atoms with Crippen molar-refractivity contribution in [2.75, 3.05) is 39.8 Å². The van der Waals surface area contributed by atoms with Crippen LogP contribution in [0.15, 0.2) is 47.8 Å². The number of ether oxygens (including phenoxy) is 1. The van der Waals surface area contributed by atoms with Crippen molar-refractivity contribution in [2.45, 2.75) is 20.4 Å². The number of rotatable bonds is 7. The molecule has 3 aromatic rings. The highest BCUT2D eigenvalue weighted by atomic mass is 32.1. The number of nitrogens with one attached hydrogen (secondary N) is 1. The molecule has 1 N–H and O–H groups in total. The Morgan fingerprint density at radius 3 is 2.35 bits per heavy atom. The lowest BCUT2D eigenvalue weighted by Crippen LogP contribution is -2.50. The molecule has 0 atom stereocenters. The summed E-state index contributed by atoms with van der Waals surface area (Å²) in [6.45, 7) is 7.56. The van der Waals surface area contributed by atoms with E-state index in [0.29, 0.717) is 18.7 Å². The molecule has 2 amide bonds. The molecule has 2 heterocycles. The normalized spacial score (nSPS) is 14.1. The van der Waals surface area contributed by atoms with Crippen molar-refractivity contribution in [3.05, 3.63) is 70.2 Å². The number of benzene rings is 2. The number of aromatic nitrogens is 1. The molecule has 0 bridgehead atoms. The van der Waals surface area contributed by atoms with Crippen LogP contribution >= 0.6 is 11.3 Å².